The number of benzene rings is 1. The zero-order chi connectivity index (χ0) is 11.0. The number of hydrogen-bond donors (Lipinski definition) is 1. The highest BCUT2D eigenvalue weighted by atomic mass is 16.2. The summed E-state index contributed by atoms with van der Waals surface area (Å²) in [4.78, 5) is 22.8. The Kier molecular flexibility index (Phi) is 2.04. The van der Waals surface area contributed by atoms with Gasteiger partial charge in [-0.1, -0.05) is 18.2 Å². The van der Waals surface area contributed by atoms with Gasteiger partial charge in [-0.05, 0) is 17.5 Å². The molecule has 0 bridgehead atoms. The van der Waals surface area contributed by atoms with Crippen molar-refractivity contribution in [2.45, 2.75) is 0 Å². The van der Waals surface area contributed by atoms with Gasteiger partial charge in [-0.3, -0.25) is 9.59 Å². The molecule has 1 aromatic carbocycles. The lowest BCUT2D eigenvalue weighted by molar-refractivity contribution is 0.0991. The topological polar surface area (TPSA) is 65.1 Å². The Hall–Kier alpha value is -2.10. The van der Waals surface area contributed by atoms with Crippen LogP contribution in [0.5, 0.6) is 0 Å². The molecule has 0 saturated heterocycles. The van der Waals surface area contributed by atoms with E-state index in [9.17, 15) is 9.59 Å². The molecule has 0 aliphatic rings. The van der Waals surface area contributed by atoms with Crippen molar-refractivity contribution in [2.24, 2.45) is 12.8 Å². The van der Waals surface area contributed by atoms with Crippen molar-refractivity contribution < 1.29 is 4.79 Å². The zero-order valence-corrected chi connectivity index (χ0v) is 8.15. The lowest BCUT2D eigenvalue weighted by Crippen LogP contribution is -2.26. The second kappa shape index (κ2) is 3.24. The first-order valence-corrected chi connectivity index (χ1v) is 4.41. The quantitative estimate of drug-likeness (QED) is 0.727. The Bertz CT molecular complexity index is 599. The number of carbonyl (C=O) groups is 1. The molecule has 2 N–H and O–H groups in total. The molecule has 0 unspecified atom stereocenters. The largest absolute Gasteiger partial charge is 0.364 e. The molecule has 1 amide bonds. The van der Waals surface area contributed by atoms with Crippen LogP contribution in [0.25, 0.3) is 10.8 Å². The molecule has 1 aromatic heterocycles. The van der Waals surface area contributed by atoms with E-state index >= 15 is 0 Å². The number of nitrogens with two attached hydrogens (primary N) is 1. The summed E-state index contributed by atoms with van der Waals surface area (Å²) >= 11 is 0. The van der Waals surface area contributed by atoms with Crippen LogP contribution < -0.4 is 11.3 Å². The molecule has 0 spiro atoms. The van der Waals surface area contributed by atoms with Crippen LogP contribution in [-0.2, 0) is 7.05 Å². The molecule has 0 fully saturated rings. The number of rotatable bonds is 1. The number of pyridine rings is 1. The summed E-state index contributed by atoms with van der Waals surface area (Å²) in [6.45, 7) is 0. The highest BCUT2D eigenvalue weighted by Gasteiger charge is 2.09. The number of aromatic nitrogens is 1. The Morgan fingerprint density at radius 3 is 2.93 bits per heavy atom. The second-order valence-corrected chi connectivity index (χ2v) is 3.26. The second-order valence-electron chi connectivity index (χ2n) is 3.26. The molecule has 2 rings (SSSR count). The minimum absolute atomic E-state index is 0.201. The molecule has 0 saturated carbocycles. The van der Waals surface area contributed by atoms with Crippen molar-refractivity contribution in [1.29, 1.82) is 0 Å². The van der Waals surface area contributed by atoms with Crippen LogP contribution in [0.2, 0.25) is 0 Å². The molecule has 0 aliphatic heterocycles. The number of carbonyl (C=O) groups excluding carboxylic acids is 1. The molecule has 0 atom stereocenters. The van der Waals surface area contributed by atoms with E-state index in [2.05, 4.69) is 6.07 Å². The number of fused-ring (bicyclic) bond motifs is 1. The van der Waals surface area contributed by atoms with E-state index in [1.54, 1.807) is 24.3 Å². The summed E-state index contributed by atoms with van der Waals surface area (Å²) in [6.07, 6.45) is 0. The molecule has 0 aliphatic carbocycles. The summed E-state index contributed by atoms with van der Waals surface area (Å²) in [5.74, 6) is -0.611. The van der Waals surface area contributed by atoms with Crippen molar-refractivity contribution >= 4 is 16.7 Å². The molecule has 1 radical (unpaired) electrons. The third-order valence-corrected chi connectivity index (χ3v) is 2.31. The molecular formula is C11H9N2O2. The molecule has 15 heavy (non-hydrogen) atoms. The number of amides is 1. The van der Waals surface area contributed by atoms with Gasteiger partial charge in [0.15, 0.2) is 0 Å². The van der Waals surface area contributed by atoms with E-state index in [0.717, 1.165) is 0 Å². The van der Waals surface area contributed by atoms with Crippen molar-refractivity contribution in [1.82, 2.24) is 4.57 Å². The monoisotopic (exact) mass is 201 g/mol. The zero-order valence-electron chi connectivity index (χ0n) is 8.15. The lowest BCUT2D eigenvalue weighted by atomic mass is 10.1. The molecule has 4 heteroatoms. The third-order valence-electron chi connectivity index (χ3n) is 2.31. The molecule has 1 heterocycles. The van der Waals surface area contributed by atoms with Gasteiger partial charge in [0.2, 0.25) is 0 Å². The van der Waals surface area contributed by atoms with E-state index < -0.39 is 5.91 Å². The van der Waals surface area contributed by atoms with E-state index in [1.165, 1.54) is 11.6 Å². The molecule has 75 valence electrons. The fourth-order valence-electron chi connectivity index (χ4n) is 1.51. The van der Waals surface area contributed by atoms with Gasteiger partial charge in [0.05, 0.1) is 5.39 Å². The van der Waals surface area contributed by atoms with Crippen molar-refractivity contribution in [2.75, 3.05) is 0 Å². The van der Waals surface area contributed by atoms with Crippen molar-refractivity contribution in [3.63, 3.8) is 0 Å². The maximum Gasteiger partial charge on any atom is 0.265 e. The van der Waals surface area contributed by atoms with Crippen LogP contribution in [0.4, 0.5) is 0 Å². The van der Waals surface area contributed by atoms with Crippen LogP contribution in [0.15, 0.2) is 29.1 Å². The molecule has 2 aromatic rings. The van der Waals surface area contributed by atoms with E-state index in [1.807, 2.05) is 0 Å². The van der Waals surface area contributed by atoms with Crippen molar-refractivity contribution in [3.05, 3.63) is 46.4 Å². The Balaban J connectivity index is 2.95. The van der Waals surface area contributed by atoms with Crippen LogP contribution in [-0.4, -0.2) is 10.5 Å². The van der Waals surface area contributed by atoms with Gasteiger partial charge in [0, 0.05) is 7.05 Å². The highest BCUT2D eigenvalue weighted by molar-refractivity contribution is 5.95. The first-order chi connectivity index (χ1) is 7.11. The number of hydrogen-bond acceptors (Lipinski definition) is 2. The maximum absolute atomic E-state index is 11.8. The van der Waals surface area contributed by atoms with Gasteiger partial charge in [-0.25, -0.2) is 0 Å². The minimum atomic E-state index is -0.611. The normalized spacial score (nSPS) is 10.5. The SMILES string of the molecule is Cn1c(C(N)=O)cc2ccc[c]c2c1=O. The predicted molar refractivity (Wildman–Crippen MR) is 56.5 cm³/mol. The maximum atomic E-state index is 11.8. The van der Waals surface area contributed by atoms with E-state index in [0.29, 0.717) is 10.8 Å². The fourth-order valence-corrected chi connectivity index (χ4v) is 1.51. The van der Waals surface area contributed by atoms with Gasteiger partial charge < -0.3 is 10.3 Å². The number of primary amides is 1. The van der Waals surface area contributed by atoms with E-state index in [-0.39, 0.29) is 11.3 Å². The average Bonchev–Trinajstić information content (AvgIpc) is 2.23. The van der Waals surface area contributed by atoms with Crippen molar-refractivity contribution in [3.8, 4) is 0 Å². The van der Waals surface area contributed by atoms with E-state index in [4.69, 9.17) is 5.73 Å². The van der Waals surface area contributed by atoms with Gasteiger partial charge in [0.25, 0.3) is 11.5 Å². The minimum Gasteiger partial charge on any atom is -0.364 e. The average molecular weight is 201 g/mol. The summed E-state index contributed by atoms with van der Waals surface area (Å²) in [7, 11) is 1.52. The van der Waals surface area contributed by atoms with Gasteiger partial charge >= 0.3 is 0 Å². The number of nitrogens with zero attached hydrogens (tertiary/aromatic N) is 1. The predicted octanol–water partition coefficient (Wildman–Crippen LogP) is 0.438. The van der Waals surface area contributed by atoms with Gasteiger partial charge in [-0.15, -0.1) is 0 Å². The smallest absolute Gasteiger partial charge is 0.265 e. The summed E-state index contributed by atoms with van der Waals surface area (Å²) in [5.41, 5.74) is 5.10. The molecular weight excluding hydrogens is 192 g/mol. The fraction of sp³-hybridized carbons (Fsp3) is 0.0909. The van der Waals surface area contributed by atoms with Crippen LogP contribution in [0.1, 0.15) is 10.5 Å². The summed E-state index contributed by atoms with van der Waals surface area (Å²) < 4.78 is 1.24. The van der Waals surface area contributed by atoms with Crippen LogP contribution in [0.3, 0.4) is 0 Å². The third kappa shape index (κ3) is 1.40. The van der Waals surface area contributed by atoms with Gasteiger partial charge in [0.1, 0.15) is 5.69 Å². The molecule has 4 nitrogen and oxygen atoms in total. The first-order valence-electron chi connectivity index (χ1n) is 4.41. The standard InChI is InChI=1S/C11H9N2O2/c1-13-9(10(12)14)6-7-4-2-3-5-8(7)11(13)15/h2-4,6H,1H3,(H2,12,14). The summed E-state index contributed by atoms with van der Waals surface area (Å²) in [5, 5.41) is 1.14. The van der Waals surface area contributed by atoms with Crippen LogP contribution in [0, 0.1) is 6.07 Å². The Morgan fingerprint density at radius 2 is 2.27 bits per heavy atom. The van der Waals surface area contributed by atoms with Gasteiger partial charge in [-0.2, -0.15) is 0 Å². The first kappa shape index (κ1) is 9.45. The Morgan fingerprint density at radius 1 is 1.53 bits per heavy atom. The highest BCUT2D eigenvalue weighted by Crippen LogP contribution is 2.10. The lowest BCUT2D eigenvalue weighted by Gasteiger charge is -2.06. The summed E-state index contributed by atoms with van der Waals surface area (Å²) in [6, 6.07) is 9.60. The Labute approximate surface area is 85.9 Å². The van der Waals surface area contributed by atoms with Crippen LogP contribution >= 0.6 is 0 Å².